The number of aliphatic imine (C=N–C) groups is 1. The minimum atomic E-state index is -0.238. The maximum atomic E-state index is 5.39. The lowest BCUT2D eigenvalue weighted by Crippen LogP contribution is -2.45. The third kappa shape index (κ3) is 6.12. The van der Waals surface area contributed by atoms with Crippen LogP contribution in [-0.2, 0) is 24.1 Å². The number of nitrogens with zero attached hydrogens (tertiary/aromatic N) is 2. The van der Waals surface area contributed by atoms with Gasteiger partial charge in [0.25, 0.3) is 0 Å². The predicted molar refractivity (Wildman–Crippen MR) is 100.0 cm³/mol. The number of guanidine groups is 1. The van der Waals surface area contributed by atoms with Crippen molar-refractivity contribution in [2.75, 3.05) is 20.7 Å². The molecular weight excluding hydrogens is 395 g/mol. The summed E-state index contributed by atoms with van der Waals surface area (Å²) in [5.41, 5.74) is 1.90. The van der Waals surface area contributed by atoms with Gasteiger partial charge in [0.05, 0.1) is 11.3 Å². The van der Waals surface area contributed by atoms with Gasteiger partial charge >= 0.3 is 0 Å². The quantitative estimate of drug-likeness (QED) is 0.400. The summed E-state index contributed by atoms with van der Waals surface area (Å²) in [6.07, 6.45) is 1.70. The average Bonchev–Trinajstić information content (AvgIpc) is 2.89. The van der Waals surface area contributed by atoms with E-state index in [0.29, 0.717) is 13.1 Å². The van der Waals surface area contributed by atoms with E-state index in [4.69, 9.17) is 9.26 Å². The van der Waals surface area contributed by atoms with Crippen molar-refractivity contribution < 1.29 is 9.26 Å². The number of nitrogens with one attached hydrogen (secondary N) is 2. The lowest BCUT2D eigenvalue weighted by Gasteiger charge is -2.24. The van der Waals surface area contributed by atoms with Crippen LogP contribution in [0, 0.1) is 0 Å². The average molecular weight is 424 g/mol. The van der Waals surface area contributed by atoms with Gasteiger partial charge in [-0.2, -0.15) is 0 Å². The van der Waals surface area contributed by atoms with Crippen LogP contribution in [-0.4, -0.2) is 37.4 Å². The van der Waals surface area contributed by atoms with E-state index >= 15 is 0 Å². The maximum Gasteiger partial charge on any atom is 0.191 e. The van der Waals surface area contributed by atoms with Crippen LogP contribution in [0.1, 0.15) is 44.7 Å². The van der Waals surface area contributed by atoms with Gasteiger partial charge in [-0.1, -0.05) is 19.0 Å². The zero-order valence-corrected chi connectivity index (χ0v) is 16.8. The third-order valence-electron chi connectivity index (χ3n) is 3.50. The van der Waals surface area contributed by atoms with Gasteiger partial charge in [0.2, 0.25) is 0 Å². The topological polar surface area (TPSA) is 71.7 Å². The molecule has 0 unspecified atom stereocenters. The zero-order chi connectivity index (χ0) is 15.9. The fraction of sp³-hybridized carbons (Fsp3) is 0.733. The number of methoxy groups -OCH3 is 1. The Morgan fingerprint density at radius 2 is 1.95 bits per heavy atom. The third-order valence-corrected chi connectivity index (χ3v) is 3.50. The van der Waals surface area contributed by atoms with Crippen LogP contribution in [0.3, 0.4) is 0 Å². The SMILES string of the molecule is CCc1noc(CC)c1CNC(=NC)NCC(C)(C)OC.I. The molecule has 1 aromatic heterocycles. The molecule has 0 bridgehead atoms. The molecule has 22 heavy (non-hydrogen) atoms. The number of hydrogen-bond acceptors (Lipinski definition) is 4. The Labute approximate surface area is 150 Å². The van der Waals surface area contributed by atoms with Gasteiger partial charge in [-0.15, -0.1) is 24.0 Å². The van der Waals surface area contributed by atoms with Crippen LogP contribution in [0.2, 0.25) is 0 Å². The van der Waals surface area contributed by atoms with E-state index in [2.05, 4.69) is 34.6 Å². The van der Waals surface area contributed by atoms with Crippen LogP contribution >= 0.6 is 24.0 Å². The minimum Gasteiger partial charge on any atom is -0.377 e. The standard InChI is InChI=1S/C15H28N4O2.HI/c1-7-12-11(13(8-2)21-19-12)9-17-14(16-5)18-10-15(3,4)20-6;/h7-10H2,1-6H3,(H2,16,17,18);1H. The highest BCUT2D eigenvalue weighted by molar-refractivity contribution is 14.0. The highest BCUT2D eigenvalue weighted by Gasteiger charge is 2.17. The van der Waals surface area contributed by atoms with Gasteiger partial charge in [0.1, 0.15) is 5.76 Å². The molecule has 0 saturated carbocycles. The summed E-state index contributed by atoms with van der Waals surface area (Å²) < 4.78 is 10.7. The summed E-state index contributed by atoms with van der Waals surface area (Å²) in [5, 5.41) is 10.7. The molecule has 0 atom stereocenters. The van der Waals surface area contributed by atoms with Crippen LogP contribution in [0.25, 0.3) is 0 Å². The molecule has 0 amide bonds. The van der Waals surface area contributed by atoms with Crippen molar-refractivity contribution in [1.29, 1.82) is 0 Å². The largest absolute Gasteiger partial charge is 0.377 e. The molecule has 1 heterocycles. The Kier molecular flexibility index (Phi) is 9.66. The van der Waals surface area contributed by atoms with Crippen LogP contribution in [0.15, 0.2) is 9.52 Å². The lowest BCUT2D eigenvalue weighted by molar-refractivity contribution is 0.0268. The lowest BCUT2D eigenvalue weighted by atomic mass is 10.1. The van der Waals surface area contributed by atoms with Gasteiger partial charge in [0, 0.05) is 39.2 Å². The summed E-state index contributed by atoms with van der Waals surface area (Å²) in [6.45, 7) is 9.53. The molecule has 128 valence electrons. The first kappa shape index (κ1) is 21.2. The molecular formula is C15H29IN4O2. The zero-order valence-electron chi connectivity index (χ0n) is 14.4. The van der Waals surface area contributed by atoms with E-state index in [1.807, 2.05) is 13.8 Å². The van der Waals surface area contributed by atoms with E-state index in [1.54, 1.807) is 14.2 Å². The van der Waals surface area contributed by atoms with Crippen molar-refractivity contribution >= 4 is 29.9 Å². The Bertz CT molecular complexity index is 451. The second kappa shape index (κ2) is 10.0. The summed E-state index contributed by atoms with van der Waals surface area (Å²) >= 11 is 0. The van der Waals surface area contributed by atoms with E-state index in [1.165, 1.54) is 0 Å². The number of aryl methyl sites for hydroxylation is 2. The molecule has 2 N–H and O–H groups in total. The fourth-order valence-corrected chi connectivity index (χ4v) is 1.90. The molecule has 0 spiro atoms. The molecule has 0 aromatic carbocycles. The van der Waals surface area contributed by atoms with E-state index in [9.17, 15) is 0 Å². The first-order valence-corrected chi connectivity index (χ1v) is 7.43. The molecule has 6 nitrogen and oxygen atoms in total. The van der Waals surface area contributed by atoms with Crippen LogP contribution in [0.5, 0.6) is 0 Å². The molecule has 0 fully saturated rings. The van der Waals surface area contributed by atoms with Crippen molar-refractivity contribution in [2.24, 2.45) is 4.99 Å². The number of hydrogen-bond donors (Lipinski definition) is 2. The first-order valence-electron chi connectivity index (χ1n) is 7.43. The molecule has 1 rings (SSSR count). The molecule has 0 aliphatic rings. The maximum absolute atomic E-state index is 5.39. The Morgan fingerprint density at radius 3 is 2.45 bits per heavy atom. The Balaban J connectivity index is 0.00000441. The van der Waals surface area contributed by atoms with Crippen molar-refractivity contribution in [3.8, 4) is 0 Å². The summed E-state index contributed by atoms with van der Waals surface area (Å²) in [4.78, 5) is 4.22. The van der Waals surface area contributed by atoms with E-state index in [-0.39, 0.29) is 29.6 Å². The van der Waals surface area contributed by atoms with E-state index in [0.717, 1.165) is 35.8 Å². The normalized spacial score (nSPS) is 12.0. The van der Waals surface area contributed by atoms with E-state index < -0.39 is 0 Å². The van der Waals surface area contributed by atoms with Gasteiger partial charge in [-0.05, 0) is 20.3 Å². The van der Waals surface area contributed by atoms with Crippen LogP contribution in [0.4, 0.5) is 0 Å². The van der Waals surface area contributed by atoms with Crippen molar-refractivity contribution in [1.82, 2.24) is 15.8 Å². The van der Waals surface area contributed by atoms with Gasteiger partial charge in [0.15, 0.2) is 5.96 Å². The summed E-state index contributed by atoms with van der Waals surface area (Å²) in [7, 11) is 3.46. The molecule has 0 aliphatic carbocycles. The van der Waals surface area contributed by atoms with Gasteiger partial charge in [-0.25, -0.2) is 0 Å². The van der Waals surface area contributed by atoms with Crippen molar-refractivity contribution in [3.63, 3.8) is 0 Å². The van der Waals surface area contributed by atoms with Crippen LogP contribution < -0.4 is 10.6 Å². The Hall–Kier alpha value is -0.830. The highest BCUT2D eigenvalue weighted by Crippen LogP contribution is 2.15. The smallest absolute Gasteiger partial charge is 0.191 e. The molecule has 1 aromatic rings. The van der Waals surface area contributed by atoms with Crippen molar-refractivity contribution in [2.45, 2.75) is 52.7 Å². The second-order valence-corrected chi connectivity index (χ2v) is 5.48. The number of halogens is 1. The van der Waals surface area contributed by atoms with Crippen molar-refractivity contribution in [3.05, 3.63) is 17.0 Å². The number of ether oxygens (including phenoxy) is 1. The minimum absolute atomic E-state index is 0. The number of aromatic nitrogens is 1. The molecule has 0 radical (unpaired) electrons. The fourth-order valence-electron chi connectivity index (χ4n) is 1.90. The molecule has 7 heteroatoms. The predicted octanol–water partition coefficient (Wildman–Crippen LogP) is 2.51. The van der Waals surface area contributed by atoms with Gasteiger partial charge in [-0.3, -0.25) is 4.99 Å². The molecule has 0 aliphatic heterocycles. The number of rotatable bonds is 7. The summed E-state index contributed by atoms with van der Waals surface area (Å²) in [5.74, 6) is 1.68. The highest BCUT2D eigenvalue weighted by atomic mass is 127. The summed E-state index contributed by atoms with van der Waals surface area (Å²) in [6, 6.07) is 0. The second-order valence-electron chi connectivity index (χ2n) is 5.48. The molecule has 0 saturated heterocycles. The van der Waals surface area contributed by atoms with Gasteiger partial charge < -0.3 is 19.9 Å². The monoisotopic (exact) mass is 424 g/mol. The Morgan fingerprint density at radius 1 is 1.27 bits per heavy atom. The first-order chi connectivity index (χ1) is 9.97.